The van der Waals surface area contributed by atoms with Gasteiger partial charge >= 0.3 is 0 Å². The molecule has 1 aliphatic rings. The first-order valence-electron chi connectivity index (χ1n) is 8.57. The number of rotatable bonds is 3. The van der Waals surface area contributed by atoms with E-state index < -0.39 is 7.92 Å². The standard InChI is InChI=1S/C21H27O2P/c1-14(2)20-23-18-13-9-11-16(19(18)24(20)21(3,4)5)15-10-7-8-12-17(15)22-6/h7-14,20H,1-6H3/t20-,24+/m1/s1. The molecule has 0 radical (unpaired) electrons. The Morgan fingerprint density at radius 2 is 1.67 bits per heavy atom. The number of hydrogen-bond acceptors (Lipinski definition) is 2. The summed E-state index contributed by atoms with van der Waals surface area (Å²) in [5, 5.41) is 1.58. The second-order valence-corrected chi connectivity index (χ2v) is 10.7. The second kappa shape index (κ2) is 6.41. The van der Waals surface area contributed by atoms with Crippen molar-refractivity contribution in [1.29, 1.82) is 0 Å². The zero-order valence-electron chi connectivity index (χ0n) is 15.5. The fourth-order valence-corrected chi connectivity index (χ4v) is 6.73. The minimum atomic E-state index is -0.444. The molecule has 0 bridgehead atoms. The maximum atomic E-state index is 6.43. The number of methoxy groups -OCH3 is 1. The Hall–Kier alpha value is -1.53. The van der Waals surface area contributed by atoms with Gasteiger partial charge in [-0.05, 0) is 36.7 Å². The van der Waals surface area contributed by atoms with Crippen molar-refractivity contribution in [3.63, 3.8) is 0 Å². The van der Waals surface area contributed by atoms with Gasteiger partial charge in [0.2, 0.25) is 0 Å². The molecule has 2 nitrogen and oxygen atoms in total. The molecular formula is C21H27O2P. The molecular weight excluding hydrogens is 315 g/mol. The van der Waals surface area contributed by atoms with E-state index >= 15 is 0 Å². The molecule has 3 rings (SSSR count). The molecule has 0 saturated heterocycles. The van der Waals surface area contributed by atoms with Crippen LogP contribution in [0.5, 0.6) is 11.5 Å². The van der Waals surface area contributed by atoms with Gasteiger partial charge in [0.1, 0.15) is 17.3 Å². The molecule has 2 aromatic rings. The van der Waals surface area contributed by atoms with Crippen LogP contribution in [0.25, 0.3) is 11.1 Å². The van der Waals surface area contributed by atoms with Crippen molar-refractivity contribution in [3.05, 3.63) is 42.5 Å². The molecule has 0 spiro atoms. The molecule has 0 aliphatic carbocycles. The maximum absolute atomic E-state index is 6.43. The number of para-hydroxylation sites is 1. The first kappa shape index (κ1) is 17.3. The minimum Gasteiger partial charge on any atom is -0.496 e. The van der Waals surface area contributed by atoms with Gasteiger partial charge in [-0.15, -0.1) is 0 Å². The highest BCUT2D eigenvalue weighted by Crippen LogP contribution is 2.61. The van der Waals surface area contributed by atoms with Gasteiger partial charge in [-0.3, -0.25) is 0 Å². The van der Waals surface area contributed by atoms with Crippen LogP contribution < -0.4 is 14.8 Å². The van der Waals surface area contributed by atoms with E-state index in [0.717, 1.165) is 17.1 Å². The molecule has 1 heterocycles. The zero-order valence-corrected chi connectivity index (χ0v) is 16.4. The normalized spacial score (nSPS) is 20.0. The average molecular weight is 342 g/mol. The summed E-state index contributed by atoms with van der Waals surface area (Å²) >= 11 is 0. The van der Waals surface area contributed by atoms with Gasteiger partial charge in [0.05, 0.1) is 7.11 Å². The van der Waals surface area contributed by atoms with E-state index in [4.69, 9.17) is 9.47 Å². The van der Waals surface area contributed by atoms with Crippen LogP contribution in [0.1, 0.15) is 34.6 Å². The molecule has 0 fully saturated rings. The van der Waals surface area contributed by atoms with Crippen LogP contribution >= 0.6 is 7.92 Å². The Morgan fingerprint density at radius 1 is 1.00 bits per heavy atom. The summed E-state index contributed by atoms with van der Waals surface area (Å²) in [6.45, 7) is 11.5. The number of benzene rings is 2. The van der Waals surface area contributed by atoms with Crippen molar-refractivity contribution in [2.45, 2.75) is 45.6 Å². The molecule has 0 amide bonds. The molecule has 24 heavy (non-hydrogen) atoms. The fraction of sp³-hybridized carbons (Fsp3) is 0.429. The number of fused-ring (bicyclic) bond motifs is 1. The Bertz CT molecular complexity index is 731. The first-order chi connectivity index (χ1) is 11.3. The van der Waals surface area contributed by atoms with E-state index in [1.54, 1.807) is 7.11 Å². The summed E-state index contributed by atoms with van der Waals surface area (Å²) in [7, 11) is 1.29. The highest BCUT2D eigenvalue weighted by Gasteiger charge is 2.44. The molecule has 2 atom stereocenters. The number of hydrogen-bond donors (Lipinski definition) is 0. The first-order valence-corrected chi connectivity index (χ1v) is 9.98. The SMILES string of the molecule is COc1ccccc1-c1cccc2c1[P@](C(C)(C)C)[C@H](C(C)C)O2. The molecule has 128 valence electrons. The lowest BCUT2D eigenvalue weighted by Crippen LogP contribution is -2.27. The monoisotopic (exact) mass is 342 g/mol. The molecule has 2 aromatic carbocycles. The van der Waals surface area contributed by atoms with Crippen molar-refractivity contribution in [3.8, 4) is 22.6 Å². The zero-order chi connectivity index (χ0) is 17.5. The van der Waals surface area contributed by atoms with E-state index in [0.29, 0.717) is 5.92 Å². The topological polar surface area (TPSA) is 18.5 Å². The van der Waals surface area contributed by atoms with Crippen LogP contribution in [-0.4, -0.2) is 18.1 Å². The maximum Gasteiger partial charge on any atom is 0.128 e. The molecule has 0 unspecified atom stereocenters. The fourth-order valence-electron chi connectivity index (χ4n) is 3.41. The van der Waals surface area contributed by atoms with Crippen LogP contribution in [0, 0.1) is 5.92 Å². The van der Waals surface area contributed by atoms with Crippen LogP contribution in [0.15, 0.2) is 42.5 Å². The summed E-state index contributed by atoms with van der Waals surface area (Å²) in [6.07, 6.45) is 0. The third kappa shape index (κ3) is 2.93. The van der Waals surface area contributed by atoms with Gasteiger partial charge in [0, 0.05) is 10.9 Å². The largest absolute Gasteiger partial charge is 0.496 e. The lowest BCUT2D eigenvalue weighted by Gasteiger charge is -2.34. The van der Waals surface area contributed by atoms with Gasteiger partial charge in [-0.25, -0.2) is 0 Å². The highest BCUT2D eigenvalue weighted by molar-refractivity contribution is 7.68. The van der Waals surface area contributed by atoms with Crippen LogP contribution in [0.4, 0.5) is 0 Å². The summed E-state index contributed by atoms with van der Waals surface area (Å²) in [5.74, 6) is 2.74. The predicted octanol–water partition coefficient (Wildman–Crippen LogP) is 5.64. The summed E-state index contributed by atoms with van der Waals surface area (Å²) in [6, 6.07) is 14.7. The Labute approximate surface area is 146 Å². The van der Waals surface area contributed by atoms with Gasteiger partial charge in [-0.2, -0.15) is 0 Å². The lowest BCUT2D eigenvalue weighted by atomic mass is 10.0. The van der Waals surface area contributed by atoms with Crippen LogP contribution in [-0.2, 0) is 0 Å². The predicted molar refractivity (Wildman–Crippen MR) is 104 cm³/mol. The second-order valence-electron chi connectivity index (χ2n) is 7.65. The van der Waals surface area contributed by atoms with Gasteiger partial charge < -0.3 is 9.47 Å². The highest BCUT2D eigenvalue weighted by atomic mass is 31.1. The Morgan fingerprint density at radius 3 is 2.29 bits per heavy atom. The summed E-state index contributed by atoms with van der Waals surface area (Å²) in [5.41, 5.74) is 2.41. The van der Waals surface area contributed by atoms with Crippen molar-refractivity contribution >= 4 is 13.2 Å². The summed E-state index contributed by atoms with van der Waals surface area (Å²) < 4.78 is 12.1. The van der Waals surface area contributed by atoms with Gasteiger partial charge in [-0.1, -0.05) is 65.0 Å². The van der Waals surface area contributed by atoms with Gasteiger partial charge in [0.25, 0.3) is 0 Å². The molecule has 0 N–H and O–H groups in total. The van der Waals surface area contributed by atoms with E-state index in [2.05, 4.69) is 65.0 Å². The molecule has 1 aliphatic heterocycles. The quantitative estimate of drug-likeness (QED) is 0.672. The van der Waals surface area contributed by atoms with Crippen molar-refractivity contribution < 1.29 is 9.47 Å². The van der Waals surface area contributed by atoms with E-state index in [1.807, 2.05) is 12.1 Å². The average Bonchev–Trinajstić information content (AvgIpc) is 2.94. The smallest absolute Gasteiger partial charge is 0.128 e. The van der Waals surface area contributed by atoms with E-state index in [-0.39, 0.29) is 11.0 Å². The third-order valence-corrected chi connectivity index (χ3v) is 8.03. The minimum absolute atomic E-state index is 0.188. The van der Waals surface area contributed by atoms with Gasteiger partial charge in [0.15, 0.2) is 0 Å². The van der Waals surface area contributed by atoms with Crippen molar-refractivity contribution in [2.24, 2.45) is 5.92 Å². The van der Waals surface area contributed by atoms with Crippen LogP contribution in [0.2, 0.25) is 0 Å². The Balaban J connectivity index is 2.23. The van der Waals surface area contributed by atoms with E-state index in [9.17, 15) is 0 Å². The van der Waals surface area contributed by atoms with Crippen molar-refractivity contribution in [2.75, 3.05) is 7.11 Å². The Kier molecular flexibility index (Phi) is 4.62. The number of ether oxygens (including phenoxy) is 2. The van der Waals surface area contributed by atoms with E-state index in [1.165, 1.54) is 10.9 Å². The van der Waals surface area contributed by atoms with Crippen LogP contribution in [0.3, 0.4) is 0 Å². The third-order valence-electron chi connectivity index (χ3n) is 4.43. The molecule has 3 heteroatoms. The van der Waals surface area contributed by atoms with Crippen molar-refractivity contribution in [1.82, 2.24) is 0 Å². The molecule has 0 saturated carbocycles. The lowest BCUT2D eigenvalue weighted by molar-refractivity contribution is 0.240. The summed E-state index contributed by atoms with van der Waals surface area (Å²) in [4.78, 5) is 0. The molecule has 0 aromatic heterocycles.